The van der Waals surface area contributed by atoms with E-state index in [-0.39, 0.29) is 5.92 Å². The molecule has 1 unspecified atom stereocenters. The van der Waals surface area contributed by atoms with Crippen LogP contribution in [0, 0.1) is 0 Å². The number of fused-ring (bicyclic) bond motifs is 6. The maximum atomic E-state index is 5.22. The molecule has 1 atom stereocenters. The molecule has 48 heavy (non-hydrogen) atoms. The van der Waals surface area contributed by atoms with Gasteiger partial charge in [0.2, 0.25) is 11.9 Å². The van der Waals surface area contributed by atoms with E-state index in [9.17, 15) is 0 Å². The smallest absolute Gasteiger partial charge is 0.235 e. The second-order valence-electron chi connectivity index (χ2n) is 12.4. The highest BCUT2D eigenvalue weighted by Crippen LogP contribution is 2.52. The van der Waals surface area contributed by atoms with E-state index in [2.05, 4.69) is 113 Å². The van der Waals surface area contributed by atoms with Gasteiger partial charge < -0.3 is 0 Å². The van der Waals surface area contributed by atoms with Gasteiger partial charge in [0, 0.05) is 29.1 Å². The first-order valence-electron chi connectivity index (χ1n) is 16.2. The molecule has 3 heterocycles. The molecule has 0 amide bonds. The van der Waals surface area contributed by atoms with Crippen LogP contribution in [0.2, 0.25) is 0 Å². The van der Waals surface area contributed by atoms with Crippen molar-refractivity contribution < 1.29 is 0 Å². The summed E-state index contributed by atoms with van der Waals surface area (Å²) in [7, 11) is 0. The molecule has 10 rings (SSSR count). The van der Waals surface area contributed by atoms with Crippen LogP contribution in [0.3, 0.4) is 0 Å². The van der Waals surface area contributed by atoms with Crippen LogP contribution >= 0.6 is 0 Å². The van der Waals surface area contributed by atoms with Crippen LogP contribution in [0.5, 0.6) is 0 Å². The van der Waals surface area contributed by atoms with Crippen LogP contribution in [-0.4, -0.2) is 19.9 Å². The topological polar surface area (TPSA) is 58.0 Å². The van der Waals surface area contributed by atoms with E-state index in [1.165, 1.54) is 27.5 Å². The number of nitrogens with zero attached hydrogens (tertiary/aromatic N) is 6. The van der Waals surface area contributed by atoms with E-state index < -0.39 is 0 Å². The van der Waals surface area contributed by atoms with Gasteiger partial charge in [-0.15, -0.1) is 0 Å². The molecule has 1 aliphatic heterocycles. The van der Waals surface area contributed by atoms with Gasteiger partial charge in [-0.05, 0) is 76.3 Å². The first-order chi connectivity index (χ1) is 23.8. The fourth-order valence-corrected chi connectivity index (χ4v) is 7.32. The summed E-state index contributed by atoms with van der Waals surface area (Å²) in [4.78, 5) is 24.3. The molecule has 0 saturated carbocycles. The van der Waals surface area contributed by atoms with Crippen molar-refractivity contribution in [2.24, 2.45) is 0 Å². The van der Waals surface area contributed by atoms with Crippen molar-refractivity contribution in [1.82, 2.24) is 19.9 Å². The monoisotopic (exact) mass is 616 g/mol. The van der Waals surface area contributed by atoms with Crippen molar-refractivity contribution in [3.05, 3.63) is 163 Å². The molecule has 1 aliphatic carbocycles. The largest absolute Gasteiger partial charge is 0.275 e. The molecular weight excluding hydrogens is 589 g/mol. The van der Waals surface area contributed by atoms with Crippen LogP contribution in [0.1, 0.15) is 22.6 Å². The van der Waals surface area contributed by atoms with Crippen molar-refractivity contribution in [2.45, 2.75) is 12.3 Å². The summed E-state index contributed by atoms with van der Waals surface area (Å²) in [5.74, 6) is 1.48. The van der Waals surface area contributed by atoms with E-state index >= 15 is 0 Å². The third-order valence-corrected chi connectivity index (χ3v) is 9.60. The SMILES string of the molecule is C1=CC(c2cccc3nc(N4c5ccccc5N(c5ncc6ccccc6n5)c5ccccc54)ncc23)Cc2cc3ccccc3cc21. The Morgan fingerprint density at radius 1 is 0.521 bits per heavy atom. The number of aromatic nitrogens is 4. The standard InChI is InChI=1S/C42H28N6/c1-2-11-28-23-32-24-30(21-20-29(32)22-27(28)10-1)33-13-9-15-36-34(33)26-44-42(46-36)48-39-18-7-5-16-37(39)47(38-17-6-8-19-40(38)48)41-43-25-31-12-3-4-14-35(31)45-41/h1-23,25-26,30H,24H2. The Morgan fingerprint density at radius 2 is 1.08 bits per heavy atom. The van der Waals surface area contributed by atoms with Crippen LogP contribution in [-0.2, 0) is 6.42 Å². The lowest BCUT2D eigenvalue weighted by Gasteiger charge is -2.38. The number of benzene rings is 6. The quantitative estimate of drug-likeness (QED) is 0.197. The van der Waals surface area contributed by atoms with Crippen molar-refractivity contribution in [3.63, 3.8) is 0 Å². The summed E-state index contributed by atoms with van der Waals surface area (Å²) >= 11 is 0. The normalized spacial score (nSPS) is 15.0. The van der Waals surface area contributed by atoms with Gasteiger partial charge in [-0.2, -0.15) is 0 Å². The zero-order chi connectivity index (χ0) is 31.6. The van der Waals surface area contributed by atoms with Crippen LogP contribution < -0.4 is 9.80 Å². The number of allylic oxidation sites excluding steroid dienone is 1. The third kappa shape index (κ3) is 4.19. The van der Waals surface area contributed by atoms with E-state index in [0.717, 1.165) is 51.0 Å². The Morgan fingerprint density at radius 3 is 1.79 bits per heavy atom. The zero-order valence-electron chi connectivity index (χ0n) is 25.9. The minimum atomic E-state index is 0.240. The van der Waals surface area contributed by atoms with Crippen LogP contribution in [0.4, 0.5) is 34.6 Å². The summed E-state index contributed by atoms with van der Waals surface area (Å²) < 4.78 is 0. The summed E-state index contributed by atoms with van der Waals surface area (Å²) in [6, 6.07) is 44.4. The lowest BCUT2D eigenvalue weighted by molar-refractivity contribution is 0.834. The highest BCUT2D eigenvalue weighted by Gasteiger charge is 2.33. The summed E-state index contributed by atoms with van der Waals surface area (Å²) in [6.07, 6.45) is 9.44. The molecule has 6 heteroatoms. The number of hydrogen-bond acceptors (Lipinski definition) is 6. The predicted molar refractivity (Wildman–Crippen MR) is 195 cm³/mol. The number of hydrogen-bond donors (Lipinski definition) is 0. The van der Waals surface area contributed by atoms with Gasteiger partial charge in [-0.25, -0.2) is 19.9 Å². The summed E-state index contributed by atoms with van der Waals surface area (Å²) in [5, 5.41) is 4.64. The fourth-order valence-electron chi connectivity index (χ4n) is 7.32. The molecule has 0 radical (unpaired) electrons. The van der Waals surface area contributed by atoms with Crippen molar-refractivity contribution in [1.29, 1.82) is 0 Å². The molecular formula is C42H28N6. The molecule has 2 aliphatic rings. The zero-order valence-corrected chi connectivity index (χ0v) is 25.9. The van der Waals surface area contributed by atoms with Gasteiger partial charge in [-0.1, -0.05) is 97.1 Å². The van der Waals surface area contributed by atoms with Crippen molar-refractivity contribution in [3.8, 4) is 0 Å². The molecule has 0 bridgehead atoms. The molecule has 0 spiro atoms. The Hall–Kier alpha value is -6.40. The average molecular weight is 617 g/mol. The fraction of sp³-hybridized carbons (Fsp3) is 0.0476. The van der Waals surface area contributed by atoms with Gasteiger partial charge in [-0.3, -0.25) is 9.80 Å². The van der Waals surface area contributed by atoms with Gasteiger partial charge in [0.1, 0.15) is 0 Å². The number of anilines is 6. The first-order valence-corrected chi connectivity index (χ1v) is 16.2. The van der Waals surface area contributed by atoms with E-state index in [1.807, 2.05) is 48.8 Å². The lowest BCUT2D eigenvalue weighted by Crippen LogP contribution is -2.26. The predicted octanol–water partition coefficient (Wildman–Crippen LogP) is 10.3. The molecule has 0 saturated heterocycles. The van der Waals surface area contributed by atoms with Gasteiger partial charge in [0.15, 0.2) is 0 Å². The number of para-hydroxylation sites is 5. The van der Waals surface area contributed by atoms with Crippen LogP contribution in [0.15, 0.2) is 146 Å². The highest BCUT2D eigenvalue weighted by molar-refractivity contribution is 6.00. The molecule has 8 aromatic rings. The number of rotatable bonds is 3. The molecule has 0 N–H and O–H groups in total. The van der Waals surface area contributed by atoms with E-state index in [4.69, 9.17) is 19.9 Å². The second-order valence-corrected chi connectivity index (χ2v) is 12.4. The Bertz CT molecular complexity index is 2540. The van der Waals surface area contributed by atoms with E-state index in [1.54, 1.807) is 0 Å². The molecule has 2 aromatic heterocycles. The molecule has 6 nitrogen and oxygen atoms in total. The molecule has 226 valence electrons. The summed E-state index contributed by atoms with van der Waals surface area (Å²) in [6.45, 7) is 0. The Kier molecular flexibility index (Phi) is 5.90. The Labute approximate surface area is 277 Å². The maximum Gasteiger partial charge on any atom is 0.235 e. The maximum absolute atomic E-state index is 5.22. The minimum absolute atomic E-state index is 0.240. The first kappa shape index (κ1) is 26.8. The Balaban J connectivity index is 1.07. The van der Waals surface area contributed by atoms with Crippen molar-refractivity contribution >= 4 is 73.3 Å². The van der Waals surface area contributed by atoms with Gasteiger partial charge in [0.05, 0.1) is 33.8 Å². The summed E-state index contributed by atoms with van der Waals surface area (Å²) in [5.41, 5.74) is 9.58. The van der Waals surface area contributed by atoms with E-state index in [0.29, 0.717) is 11.9 Å². The highest BCUT2D eigenvalue weighted by atomic mass is 15.4. The third-order valence-electron chi connectivity index (χ3n) is 9.60. The second kappa shape index (κ2) is 10.6. The minimum Gasteiger partial charge on any atom is -0.275 e. The van der Waals surface area contributed by atoms with Gasteiger partial charge >= 0.3 is 0 Å². The molecule has 6 aromatic carbocycles. The van der Waals surface area contributed by atoms with Crippen molar-refractivity contribution in [2.75, 3.05) is 9.80 Å². The lowest BCUT2D eigenvalue weighted by atomic mass is 9.83. The van der Waals surface area contributed by atoms with Gasteiger partial charge in [0.25, 0.3) is 0 Å². The molecule has 0 fully saturated rings. The van der Waals surface area contributed by atoms with Crippen LogP contribution in [0.25, 0.3) is 38.7 Å². The average Bonchev–Trinajstić information content (AvgIpc) is 3.15.